The van der Waals surface area contributed by atoms with E-state index in [9.17, 15) is 18.0 Å². The van der Waals surface area contributed by atoms with Gasteiger partial charge in [-0.1, -0.05) is 19.8 Å². The lowest BCUT2D eigenvalue weighted by atomic mass is 10.1. The van der Waals surface area contributed by atoms with Crippen molar-refractivity contribution in [3.8, 4) is 0 Å². The molecule has 1 aromatic carbocycles. The van der Waals surface area contributed by atoms with E-state index < -0.39 is 9.84 Å². The molecule has 1 saturated carbocycles. The molecule has 2 fully saturated rings. The predicted octanol–water partition coefficient (Wildman–Crippen LogP) is 2.21. The third-order valence-electron chi connectivity index (χ3n) is 5.16. The van der Waals surface area contributed by atoms with Crippen molar-refractivity contribution in [2.24, 2.45) is 5.92 Å². The number of nitrogens with one attached hydrogen (secondary N) is 1. The monoisotopic (exact) mass is 364 g/mol. The maximum absolute atomic E-state index is 12.5. The molecule has 0 radical (unpaired) electrons. The van der Waals surface area contributed by atoms with Gasteiger partial charge < -0.3 is 10.2 Å². The summed E-state index contributed by atoms with van der Waals surface area (Å²) >= 11 is 0. The Balaban J connectivity index is 1.62. The molecule has 1 unspecified atom stereocenters. The van der Waals surface area contributed by atoms with Crippen LogP contribution in [0.4, 0.5) is 5.69 Å². The molecule has 136 valence electrons. The van der Waals surface area contributed by atoms with Gasteiger partial charge in [-0.3, -0.25) is 9.59 Å². The van der Waals surface area contributed by atoms with Crippen molar-refractivity contribution in [1.29, 1.82) is 0 Å². The lowest BCUT2D eigenvalue weighted by Gasteiger charge is -2.23. The van der Waals surface area contributed by atoms with Gasteiger partial charge in [-0.2, -0.15) is 0 Å². The second-order valence-corrected chi connectivity index (χ2v) is 9.08. The van der Waals surface area contributed by atoms with Crippen molar-refractivity contribution in [2.45, 2.75) is 50.0 Å². The van der Waals surface area contributed by atoms with Gasteiger partial charge in [0.1, 0.15) is 0 Å². The van der Waals surface area contributed by atoms with E-state index in [1.54, 1.807) is 19.1 Å². The molecule has 1 aromatic rings. The topological polar surface area (TPSA) is 83.5 Å². The molecule has 0 spiro atoms. The summed E-state index contributed by atoms with van der Waals surface area (Å²) in [7, 11) is -3.25. The first-order valence-corrected chi connectivity index (χ1v) is 10.5. The first-order valence-electron chi connectivity index (χ1n) is 8.84. The third-order valence-corrected chi connectivity index (χ3v) is 6.91. The molecule has 1 saturated heterocycles. The van der Waals surface area contributed by atoms with Crippen LogP contribution >= 0.6 is 0 Å². The van der Waals surface area contributed by atoms with E-state index in [2.05, 4.69) is 5.32 Å². The van der Waals surface area contributed by atoms with Gasteiger partial charge in [0.25, 0.3) is 0 Å². The van der Waals surface area contributed by atoms with Crippen molar-refractivity contribution >= 4 is 27.3 Å². The molecule has 7 heteroatoms. The van der Waals surface area contributed by atoms with Crippen LogP contribution in [0.1, 0.15) is 39.0 Å². The predicted molar refractivity (Wildman–Crippen MR) is 94.9 cm³/mol. The Morgan fingerprint density at radius 3 is 2.44 bits per heavy atom. The zero-order valence-corrected chi connectivity index (χ0v) is 15.2. The van der Waals surface area contributed by atoms with Crippen molar-refractivity contribution in [1.82, 2.24) is 4.90 Å². The van der Waals surface area contributed by atoms with Crippen molar-refractivity contribution in [2.75, 3.05) is 17.6 Å². The van der Waals surface area contributed by atoms with E-state index in [0.29, 0.717) is 18.3 Å². The van der Waals surface area contributed by atoms with Crippen LogP contribution in [-0.2, 0) is 19.4 Å². The number of carbonyl (C=O) groups excluding carboxylic acids is 2. The zero-order chi connectivity index (χ0) is 18.0. The number of nitrogens with zero attached hydrogens (tertiary/aromatic N) is 1. The van der Waals surface area contributed by atoms with E-state index in [4.69, 9.17) is 0 Å². The summed E-state index contributed by atoms with van der Waals surface area (Å²) < 4.78 is 23.6. The SMILES string of the molecule is CCS(=O)(=O)c1ccc(NC(=O)C2CC(=O)N(C3CCCC3)C2)cc1. The third kappa shape index (κ3) is 3.86. The van der Waals surface area contributed by atoms with Gasteiger partial charge in [0.05, 0.1) is 16.6 Å². The van der Waals surface area contributed by atoms with Crippen LogP contribution in [0.3, 0.4) is 0 Å². The van der Waals surface area contributed by atoms with Crippen LogP contribution < -0.4 is 5.32 Å². The minimum Gasteiger partial charge on any atom is -0.339 e. The summed E-state index contributed by atoms with van der Waals surface area (Å²) in [6, 6.07) is 6.47. The molecule has 0 bridgehead atoms. The Morgan fingerprint density at radius 2 is 1.84 bits per heavy atom. The first-order chi connectivity index (χ1) is 11.9. The quantitative estimate of drug-likeness (QED) is 0.868. The molecule has 1 aliphatic carbocycles. The fourth-order valence-corrected chi connectivity index (χ4v) is 4.52. The second-order valence-electron chi connectivity index (χ2n) is 6.80. The molecule has 1 N–H and O–H groups in total. The van der Waals surface area contributed by atoms with Crippen LogP contribution in [-0.4, -0.2) is 43.5 Å². The van der Waals surface area contributed by atoms with E-state index in [1.807, 2.05) is 4.90 Å². The van der Waals surface area contributed by atoms with Gasteiger partial charge in [-0.25, -0.2) is 8.42 Å². The minimum atomic E-state index is -3.25. The van der Waals surface area contributed by atoms with E-state index in [1.165, 1.54) is 12.1 Å². The number of likely N-dealkylation sites (tertiary alicyclic amines) is 1. The molecule has 1 heterocycles. The van der Waals surface area contributed by atoms with Crippen molar-refractivity contribution in [3.05, 3.63) is 24.3 Å². The van der Waals surface area contributed by atoms with Gasteiger partial charge in [-0.05, 0) is 37.1 Å². The molecular weight excluding hydrogens is 340 g/mol. The highest BCUT2D eigenvalue weighted by Crippen LogP contribution is 2.30. The average Bonchev–Trinajstić information content (AvgIpc) is 3.24. The van der Waals surface area contributed by atoms with Crippen molar-refractivity contribution in [3.63, 3.8) is 0 Å². The molecule has 2 amide bonds. The largest absolute Gasteiger partial charge is 0.339 e. The average molecular weight is 364 g/mol. The van der Waals surface area contributed by atoms with Gasteiger partial charge >= 0.3 is 0 Å². The van der Waals surface area contributed by atoms with Crippen LogP contribution in [0.25, 0.3) is 0 Å². The summed E-state index contributed by atoms with van der Waals surface area (Å²) in [4.78, 5) is 26.8. The Kier molecular flexibility index (Phi) is 5.13. The number of benzene rings is 1. The number of hydrogen-bond acceptors (Lipinski definition) is 4. The summed E-state index contributed by atoms with van der Waals surface area (Å²) in [5, 5.41) is 2.80. The van der Waals surface area contributed by atoms with Gasteiger partial charge in [0.2, 0.25) is 11.8 Å². The molecule has 1 atom stereocenters. The number of sulfone groups is 1. The zero-order valence-electron chi connectivity index (χ0n) is 14.4. The Labute approximate surface area is 148 Å². The number of carbonyl (C=O) groups is 2. The van der Waals surface area contributed by atoms with E-state index >= 15 is 0 Å². The fraction of sp³-hybridized carbons (Fsp3) is 0.556. The Bertz CT molecular complexity index is 752. The Hall–Kier alpha value is -1.89. The molecule has 25 heavy (non-hydrogen) atoms. The summed E-state index contributed by atoms with van der Waals surface area (Å²) in [6.45, 7) is 2.08. The van der Waals surface area contributed by atoms with E-state index in [0.717, 1.165) is 25.7 Å². The maximum atomic E-state index is 12.5. The normalized spacial score (nSPS) is 21.7. The second kappa shape index (κ2) is 7.15. The van der Waals surface area contributed by atoms with Crippen LogP contribution in [0.2, 0.25) is 0 Å². The molecule has 3 rings (SSSR count). The smallest absolute Gasteiger partial charge is 0.229 e. The molecule has 0 aromatic heterocycles. The molecule has 1 aliphatic heterocycles. The van der Waals surface area contributed by atoms with Crippen LogP contribution in [0, 0.1) is 5.92 Å². The van der Waals surface area contributed by atoms with Crippen molar-refractivity contribution < 1.29 is 18.0 Å². The fourth-order valence-electron chi connectivity index (χ4n) is 3.63. The lowest BCUT2D eigenvalue weighted by Crippen LogP contribution is -2.35. The summed E-state index contributed by atoms with van der Waals surface area (Å²) in [6.07, 6.45) is 4.63. The first kappa shape index (κ1) is 17.9. The van der Waals surface area contributed by atoms with Gasteiger partial charge in [0, 0.05) is 24.7 Å². The van der Waals surface area contributed by atoms with Crippen LogP contribution in [0.15, 0.2) is 29.2 Å². The van der Waals surface area contributed by atoms with E-state index in [-0.39, 0.29) is 34.8 Å². The minimum absolute atomic E-state index is 0.0416. The lowest BCUT2D eigenvalue weighted by molar-refractivity contribution is -0.129. The molecular formula is C18H24N2O4S. The number of rotatable bonds is 5. The highest BCUT2D eigenvalue weighted by atomic mass is 32.2. The van der Waals surface area contributed by atoms with Gasteiger partial charge in [-0.15, -0.1) is 0 Å². The van der Waals surface area contributed by atoms with Gasteiger partial charge in [0.15, 0.2) is 9.84 Å². The number of amides is 2. The summed E-state index contributed by atoms with van der Waals surface area (Å²) in [5.74, 6) is -0.414. The van der Waals surface area contributed by atoms with Crippen LogP contribution in [0.5, 0.6) is 0 Å². The summed E-state index contributed by atoms with van der Waals surface area (Å²) in [5.41, 5.74) is 0.548. The standard InChI is InChI=1S/C18H24N2O4S/c1-2-25(23,24)16-9-7-14(8-10-16)19-18(22)13-11-17(21)20(12-13)15-5-3-4-6-15/h7-10,13,15H,2-6,11-12H2,1H3,(H,19,22). The maximum Gasteiger partial charge on any atom is 0.229 e. The molecule has 2 aliphatic rings. The Morgan fingerprint density at radius 1 is 1.20 bits per heavy atom. The number of hydrogen-bond donors (Lipinski definition) is 1. The highest BCUT2D eigenvalue weighted by molar-refractivity contribution is 7.91. The highest BCUT2D eigenvalue weighted by Gasteiger charge is 2.38. The number of anilines is 1. The molecule has 6 nitrogen and oxygen atoms in total.